The predicted octanol–water partition coefficient (Wildman–Crippen LogP) is 7.25. The number of benzene rings is 3. The number of aromatic nitrogens is 2. The fourth-order valence-corrected chi connectivity index (χ4v) is 5.80. The highest BCUT2D eigenvalue weighted by molar-refractivity contribution is 6.30. The zero-order valence-electron chi connectivity index (χ0n) is 23.9. The quantitative estimate of drug-likeness (QED) is 0.215. The van der Waals surface area contributed by atoms with E-state index in [-0.39, 0.29) is 52.1 Å². The molecule has 2 N–H and O–H groups in total. The summed E-state index contributed by atoms with van der Waals surface area (Å²) in [7, 11) is 0. The van der Waals surface area contributed by atoms with E-state index >= 15 is 8.78 Å². The second-order valence-electron chi connectivity index (χ2n) is 11.6. The molecule has 4 aromatic rings. The molecule has 6 rings (SSSR count). The first-order valence-corrected chi connectivity index (χ1v) is 14.4. The summed E-state index contributed by atoms with van der Waals surface area (Å²) in [5, 5.41) is 12.9. The molecule has 0 bridgehead atoms. The van der Waals surface area contributed by atoms with Gasteiger partial charge in [0.1, 0.15) is 29.9 Å². The molecule has 11 heteroatoms. The average molecular weight is 624 g/mol. The van der Waals surface area contributed by atoms with Crippen molar-refractivity contribution in [3.05, 3.63) is 123 Å². The maximum absolute atomic E-state index is 15.6. The van der Waals surface area contributed by atoms with E-state index in [0.29, 0.717) is 35.6 Å². The third kappa shape index (κ3) is 5.79. The summed E-state index contributed by atoms with van der Waals surface area (Å²) in [6.07, 6.45) is 4.90. The number of nitrogens with zero attached hydrogens (tertiary/aromatic N) is 2. The van der Waals surface area contributed by atoms with E-state index in [9.17, 15) is 14.3 Å². The summed E-state index contributed by atoms with van der Waals surface area (Å²) in [6, 6.07) is 10.3. The molecule has 3 aromatic carbocycles. The number of rotatable bonds is 8. The lowest BCUT2D eigenvalue weighted by Gasteiger charge is -2.28. The smallest absolute Gasteiger partial charge is 0.335 e. The fraction of sp³-hybridized carbons (Fsp3) is 0.273. The highest BCUT2D eigenvalue weighted by Gasteiger charge is 2.39. The Kier molecular flexibility index (Phi) is 7.89. The molecule has 1 saturated heterocycles. The summed E-state index contributed by atoms with van der Waals surface area (Å²) in [6.45, 7) is 4.86. The topological polar surface area (TPSA) is 85.6 Å². The second kappa shape index (κ2) is 11.7. The fourth-order valence-electron chi connectivity index (χ4n) is 5.64. The zero-order valence-corrected chi connectivity index (χ0v) is 24.7. The first-order chi connectivity index (χ1) is 21.0. The van der Waals surface area contributed by atoms with Gasteiger partial charge in [0.2, 0.25) is 0 Å². The standard InChI is InChI=1S/C33H29ClF3N3O4/c1-33(2)17-43-16-29(33)40-28-11-18(32(41)42)7-9-27(28)38-30(40)12-20-10-25(37)22(14-24(20)36)26-4-3-5-31(39-26)44-15-19-6-8-21(34)13-23(19)35/h3-11,13-14,26,29,39H,12,15-17H2,1-2H3,(H,41,42)/t26?,29-/m1/s1. The van der Waals surface area contributed by atoms with Gasteiger partial charge < -0.3 is 24.5 Å². The molecular weight excluding hydrogens is 595 g/mol. The third-order valence-electron chi connectivity index (χ3n) is 8.07. The van der Waals surface area contributed by atoms with Crippen molar-refractivity contribution in [3.63, 3.8) is 0 Å². The van der Waals surface area contributed by atoms with Crippen LogP contribution in [0.1, 0.15) is 58.8 Å². The van der Waals surface area contributed by atoms with Crippen LogP contribution in [0.5, 0.6) is 0 Å². The Balaban J connectivity index is 1.26. The number of carboxylic acids is 1. The third-order valence-corrected chi connectivity index (χ3v) is 8.30. The van der Waals surface area contributed by atoms with Gasteiger partial charge in [0.25, 0.3) is 0 Å². The Bertz CT molecular complexity index is 1830. The van der Waals surface area contributed by atoms with Gasteiger partial charge in [-0.05, 0) is 54.1 Å². The minimum absolute atomic E-state index is 0.0262. The predicted molar refractivity (Wildman–Crippen MR) is 159 cm³/mol. The minimum atomic E-state index is -1.07. The van der Waals surface area contributed by atoms with E-state index in [4.69, 9.17) is 26.1 Å². The van der Waals surface area contributed by atoms with E-state index < -0.39 is 29.5 Å². The first-order valence-electron chi connectivity index (χ1n) is 14.0. The Morgan fingerprint density at radius 2 is 1.91 bits per heavy atom. The Hall–Kier alpha value is -4.28. The number of imidazole rings is 1. The molecule has 44 heavy (non-hydrogen) atoms. The van der Waals surface area contributed by atoms with Crippen molar-refractivity contribution in [2.24, 2.45) is 5.41 Å². The monoisotopic (exact) mass is 623 g/mol. The lowest BCUT2D eigenvalue weighted by Crippen LogP contribution is -2.27. The molecule has 1 unspecified atom stereocenters. The van der Waals surface area contributed by atoms with Crippen molar-refractivity contribution in [1.29, 1.82) is 0 Å². The molecule has 7 nitrogen and oxygen atoms in total. The number of hydrogen-bond donors (Lipinski definition) is 2. The normalized spacial score (nSPS) is 19.2. The Labute approximate surface area is 256 Å². The molecular formula is C33H29ClF3N3O4. The SMILES string of the molecule is CC1(C)COC[C@H]1n1c(Cc2cc(F)c(C3C=CC=C(OCc4ccc(Cl)cc4F)N3)cc2F)nc2ccc(C(=O)O)cc21. The van der Waals surface area contributed by atoms with Crippen LogP contribution in [0.4, 0.5) is 13.2 Å². The molecule has 0 amide bonds. The summed E-state index contributed by atoms with van der Waals surface area (Å²) >= 11 is 5.81. The van der Waals surface area contributed by atoms with Crippen molar-refractivity contribution in [3.8, 4) is 0 Å². The lowest BCUT2D eigenvalue weighted by molar-refractivity contribution is 0.0697. The van der Waals surface area contributed by atoms with E-state index in [1.54, 1.807) is 36.4 Å². The number of dihydropyridines is 1. The van der Waals surface area contributed by atoms with Crippen LogP contribution in [0.15, 0.2) is 72.6 Å². The maximum Gasteiger partial charge on any atom is 0.335 e. The minimum Gasteiger partial charge on any atom is -0.478 e. The van der Waals surface area contributed by atoms with E-state index in [1.165, 1.54) is 18.2 Å². The van der Waals surface area contributed by atoms with Gasteiger partial charge in [-0.2, -0.15) is 0 Å². The molecule has 1 fully saturated rings. The number of aromatic carboxylic acids is 1. The van der Waals surface area contributed by atoms with Crippen molar-refractivity contribution in [2.45, 2.75) is 39.0 Å². The number of carbonyl (C=O) groups is 1. The van der Waals surface area contributed by atoms with Crippen molar-refractivity contribution >= 4 is 28.6 Å². The number of halogens is 4. The van der Waals surface area contributed by atoms with Gasteiger partial charge >= 0.3 is 5.97 Å². The first kappa shape index (κ1) is 29.8. The van der Waals surface area contributed by atoms with E-state index in [0.717, 1.165) is 12.1 Å². The molecule has 228 valence electrons. The number of fused-ring (bicyclic) bond motifs is 1. The van der Waals surface area contributed by atoms with Gasteiger partial charge in [0.15, 0.2) is 5.88 Å². The molecule has 0 radical (unpaired) electrons. The zero-order chi connectivity index (χ0) is 31.2. The molecule has 1 aromatic heterocycles. The lowest BCUT2D eigenvalue weighted by atomic mass is 9.87. The average Bonchev–Trinajstić information content (AvgIpc) is 3.51. The van der Waals surface area contributed by atoms with Gasteiger partial charge in [-0.15, -0.1) is 0 Å². The Morgan fingerprint density at radius 1 is 1.11 bits per heavy atom. The highest BCUT2D eigenvalue weighted by Crippen LogP contribution is 2.40. The van der Waals surface area contributed by atoms with Gasteiger partial charge in [-0.1, -0.05) is 43.7 Å². The van der Waals surface area contributed by atoms with Crippen molar-refractivity contribution in [1.82, 2.24) is 14.9 Å². The van der Waals surface area contributed by atoms with Gasteiger partial charge in [0, 0.05) is 28.0 Å². The number of ether oxygens (including phenoxy) is 2. The van der Waals surface area contributed by atoms with Gasteiger partial charge in [0.05, 0.1) is 41.9 Å². The van der Waals surface area contributed by atoms with Crippen LogP contribution >= 0.6 is 11.6 Å². The Morgan fingerprint density at radius 3 is 2.64 bits per heavy atom. The molecule has 2 aliphatic rings. The number of carboxylic acid groups (broad SMARTS) is 1. The molecule has 0 aliphatic carbocycles. The van der Waals surface area contributed by atoms with Crippen LogP contribution in [-0.2, 0) is 22.5 Å². The summed E-state index contributed by atoms with van der Waals surface area (Å²) in [5.41, 5.74) is 1.41. The highest BCUT2D eigenvalue weighted by atomic mass is 35.5. The largest absolute Gasteiger partial charge is 0.478 e. The second-order valence-corrected chi connectivity index (χ2v) is 12.1. The summed E-state index contributed by atoms with van der Waals surface area (Å²) in [5.74, 6) is -2.09. The van der Waals surface area contributed by atoms with Crippen LogP contribution in [0.2, 0.25) is 5.02 Å². The van der Waals surface area contributed by atoms with E-state index in [2.05, 4.69) is 5.32 Å². The van der Waals surface area contributed by atoms with Gasteiger partial charge in [-0.25, -0.2) is 22.9 Å². The van der Waals surface area contributed by atoms with Crippen LogP contribution in [0.3, 0.4) is 0 Å². The molecule has 3 heterocycles. The maximum atomic E-state index is 15.6. The van der Waals surface area contributed by atoms with Crippen molar-refractivity contribution in [2.75, 3.05) is 13.2 Å². The molecule has 2 aliphatic heterocycles. The van der Waals surface area contributed by atoms with Crippen LogP contribution in [0, 0.1) is 22.9 Å². The molecule has 0 spiro atoms. The molecule has 0 saturated carbocycles. The van der Waals surface area contributed by atoms with Crippen LogP contribution in [-0.4, -0.2) is 33.8 Å². The summed E-state index contributed by atoms with van der Waals surface area (Å²) in [4.78, 5) is 16.4. The van der Waals surface area contributed by atoms with Crippen LogP contribution in [0.25, 0.3) is 11.0 Å². The van der Waals surface area contributed by atoms with Crippen molar-refractivity contribution < 1.29 is 32.5 Å². The number of allylic oxidation sites excluding steroid dienone is 2. The molecule has 2 atom stereocenters. The van der Waals surface area contributed by atoms with E-state index in [1.807, 2.05) is 18.4 Å². The summed E-state index contributed by atoms with van der Waals surface area (Å²) < 4.78 is 58.7. The van der Waals surface area contributed by atoms with Crippen LogP contribution < -0.4 is 5.32 Å². The number of nitrogens with one attached hydrogen (secondary N) is 1. The number of hydrogen-bond acceptors (Lipinski definition) is 5. The van der Waals surface area contributed by atoms with Gasteiger partial charge in [-0.3, -0.25) is 0 Å².